The van der Waals surface area contributed by atoms with Crippen LogP contribution < -0.4 is 15.4 Å². The second-order valence-electron chi connectivity index (χ2n) is 7.62. The zero-order valence-electron chi connectivity index (χ0n) is 18.4. The van der Waals surface area contributed by atoms with Crippen LogP contribution in [0.25, 0.3) is 0 Å². The molecule has 1 aliphatic rings. The van der Waals surface area contributed by atoms with E-state index in [1.54, 1.807) is 11.9 Å². The first kappa shape index (κ1) is 24.4. The number of hydrogen-bond acceptors (Lipinski definition) is 5. The van der Waals surface area contributed by atoms with Gasteiger partial charge in [-0.05, 0) is 68.1 Å². The number of carbonyl (C=O) groups is 2. The van der Waals surface area contributed by atoms with Gasteiger partial charge < -0.3 is 10.6 Å². The number of aromatic nitrogens is 1. The number of aryl methyl sites for hydroxylation is 1. The number of rotatable bonds is 7. The normalized spacial score (nSPS) is 12.7. The summed E-state index contributed by atoms with van der Waals surface area (Å²) >= 11 is 1.59. The molecule has 0 saturated heterocycles. The first-order valence-corrected chi connectivity index (χ1v) is 11.5. The van der Waals surface area contributed by atoms with E-state index in [0.29, 0.717) is 11.7 Å². The summed E-state index contributed by atoms with van der Waals surface area (Å²) < 4.78 is 16.2. The number of amides is 2. The quantitative estimate of drug-likeness (QED) is 0.439. The van der Waals surface area contributed by atoms with Crippen LogP contribution in [-0.4, -0.2) is 29.4 Å². The van der Waals surface area contributed by atoms with Gasteiger partial charge in [0.15, 0.2) is 0 Å². The number of carbonyl (C=O) groups excluding carboxylic acids is 2. The van der Waals surface area contributed by atoms with Crippen molar-refractivity contribution in [2.75, 3.05) is 11.9 Å². The molecule has 0 radical (unpaired) electrons. The molecule has 1 saturated carbocycles. The molecule has 0 spiro atoms. The minimum Gasteiger partial charge on any atom is -0.342 e. The third-order valence-corrected chi connectivity index (χ3v) is 5.86. The van der Waals surface area contributed by atoms with E-state index in [1.807, 2.05) is 42.5 Å². The van der Waals surface area contributed by atoms with Gasteiger partial charge in [0.05, 0.1) is 12.7 Å². The molecule has 0 unspecified atom stereocenters. The lowest BCUT2D eigenvalue weighted by atomic mass is 9.94. The molecule has 6 nitrogen and oxygen atoms in total. The summed E-state index contributed by atoms with van der Waals surface area (Å²) in [5, 5.41) is 5.15. The maximum atomic E-state index is 12.8. The van der Waals surface area contributed by atoms with Gasteiger partial charge in [-0.2, -0.15) is 0 Å². The number of benzene rings is 2. The van der Waals surface area contributed by atoms with Crippen LogP contribution in [-0.2, 0) is 4.79 Å². The number of nitrogens with one attached hydrogen (secondary N) is 3. The van der Waals surface area contributed by atoms with Gasteiger partial charge in [0.2, 0.25) is 5.91 Å². The molecular weight excluding hydrogens is 439 g/mol. The Balaban J connectivity index is 0.000000374. The minimum atomic E-state index is -0.533. The predicted molar refractivity (Wildman–Crippen MR) is 129 cm³/mol. The molecule has 0 bridgehead atoms. The van der Waals surface area contributed by atoms with E-state index in [0.717, 1.165) is 17.2 Å². The SMILES string of the molecule is Cc1ccccc1.O=C(CNC(=O)c1ccc(F)cn1)Nc1ccc(SNC2CCC2)cc1. The van der Waals surface area contributed by atoms with Crippen LogP contribution >= 0.6 is 11.9 Å². The Kier molecular flexibility index (Phi) is 9.41. The molecule has 1 aromatic heterocycles. The summed E-state index contributed by atoms with van der Waals surface area (Å²) in [4.78, 5) is 28.5. The summed E-state index contributed by atoms with van der Waals surface area (Å²) in [6.45, 7) is 1.89. The van der Waals surface area contributed by atoms with Crippen molar-refractivity contribution in [1.29, 1.82) is 0 Å². The Morgan fingerprint density at radius 1 is 1.03 bits per heavy atom. The summed E-state index contributed by atoms with van der Waals surface area (Å²) in [5.41, 5.74) is 2.03. The Hall–Kier alpha value is -3.23. The molecule has 2 aromatic carbocycles. The number of nitrogens with zero attached hydrogens (tertiary/aromatic N) is 1. The predicted octanol–water partition coefficient (Wildman–Crippen LogP) is 4.73. The van der Waals surface area contributed by atoms with Gasteiger partial charge >= 0.3 is 0 Å². The fourth-order valence-electron chi connectivity index (χ4n) is 2.78. The average Bonchev–Trinajstić information content (AvgIpc) is 2.79. The maximum Gasteiger partial charge on any atom is 0.270 e. The zero-order chi connectivity index (χ0) is 23.5. The molecule has 1 aliphatic carbocycles. The van der Waals surface area contributed by atoms with E-state index in [9.17, 15) is 14.0 Å². The highest BCUT2D eigenvalue weighted by Gasteiger charge is 2.16. The topological polar surface area (TPSA) is 83.1 Å². The summed E-state index contributed by atoms with van der Waals surface area (Å²) in [7, 11) is 0. The van der Waals surface area contributed by atoms with Gasteiger partial charge in [0, 0.05) is 16.6 Å². The van der Waals surface area contributed by atoms with Crippen molar-refractivity contribution in [3.63, 3.8) is 0 Å². The van der Waals surface area contributed by atoms with Gasteiger partial charge in [0.1, 0.15) is 11.5 Å². The van der Waals surface area contributed by atoms with E-state index >= 15 is 0 Å². The zero-order valence-corrected chi connectivity index (χ0v) is 19.2. The monoisotopic (exact) mass is 466 g/mol. The van der Waals surface area contributed by atoms with Crippen LogP contribution in [0.3, 0.4) is 0 Å². The van der Waals surface area contributed by atoms with Gasteiger partial charge in [-0.25, -0.2) is 9.37 Å². The minimum absolute atomic E-state index is 0.0551. The van der Waals surface area contributed by atoms with Crippen LogP contribution in [0.5, 0.6) is 0 Å². The number of anilines is 1. The van der Waals surface area contributed by atoms with Crippen LogP contribution in [0.1, 0.15) is 35.3 Å². The van der Waals surface area contributed by atoms with Crippen LogP contribution in [0, 0.1) is 12.7 Å². The second kappa shape index (κ2) is 12.7. The van der Waals surface area contributed by atoms with Crippen LogP contribution in [0.15, 0.2) is 77.8 Å². The molecule has 3 aromatic rings. The van der Waals surface area contributed by atoms with Crippen LogP contribution in [0.4, 0.5) is 10.1 Å². The van der Waals surface area contributed by atoms with Crippen molar-refractivity contribution in [1.82, 2.24) is 15.0 Å². The Bertz CT molecular complexity index is 1030. The van der Waals surface area contributed by atoms with E-state index in [-0.39, 0.29) is 18.1 Å². The fourth-order valence-corrected chi connectivity index (χ4v) is 3.60. The maximum absolute atomic E-state index is 12.8. The molecular formula is C25H27FN4O2S. The lowest BCUT2D eigenvalue weighted by Gasteiger charge is -2.25. The largest absolute Gasteiger partial charge is 0.342 e. The smallest absolute Gasteiger partial charge is 0.270 e. The molecule has 33 heavy (non-hydrogen) atoms. The molecule has 1 fully saturated rings. The molecule has 4 rings (SSSR count). The first-order chi connectivity index (χ1) is 16.0. The Morgan fingerprint density at radius 3 is 2.30 bits per heavy atom. The van der Waals surface area contributed by atoms with Gasteiger partial charge in [0.25, 0.3) is 5.91 Å². The lowest BCUT2D eigenvalue weighted by molar-refractivity contribution is -0.115. The van der Waals surface area contributed by atoms with E-state index in [4.69, 9.17) is 0 Å². The van der Waals surface area contributed by atoms with Crippen molar-refractivity contribution >= 4 is 29.4 Å². The van der Waals surface area contributed by atoms with E-state index in [2.05, 4.69) is 39.4 Å². The number of pyridine rings is 1. The van der Waals surface area contributed by atoms with Gasteiger partial charge in [-0.1, -0.05) is 42.3 Å². The highest BCUT2D eigenvalue weighted by atomic mass is 32.2. The third kappa shape index (κ3) is 8.67. The van der Waals surface area contributed by atoms with Gasteiger partial charge in [-0.15, -0.1) is 0 Å². The molecule has 0 atom stereocenters. The second-order valence-corrected chi connectivity index (χ2v) is 8.53. The number of hydrogen-bond donors (Lipinski definition) is 3. The van der Waals surface area contributed by atoms with E-state index < -0.39 is 11.7 Å². The molecule has 1 heterocycles. The van der Waals surface area contributed by atoms with Crippen molar-refractivity contribution < 1.29 is 14.0 Å². The highest BCUT2D eigenvalue weighted by Crippen LogP contribution is 2.24. The summed E-state index contributed by atoms with van der Waals surface area (Å²) in [6.07, 6.45) is 4.69. The van der Waals surface area contributed by atoms with Crippen molar-refractivity contribution in [3.05, 3.63) is 90.0 Å². The van der Waals surface area contributed by atoms with Gasteiger partial charge in [-0.3, -0.25) is 14.3 Å². The molecule has 0 aliphatic heterocycles. The van der Waals surface area contributed by atoms with Crippen LogP contribution in [0.2, 0.25) is 0 Å². The molecule has 3 N–H and O–H groups in total. The summed E-state index contributed by atoms with van der Waals surface area (Å²) in [6, 6.07) is 20.7. The highest BCUT2D eigenvalue weighted by molar-refractivity contribution is 7.97. The Morgan fingerprint density at radius 2 is 1.76 bits per heavy atom. The molecule has 8 heteroatoms. The first-order valence-electron chi connectivity index (χ1n) is 10.7. The number of halogens is 1. The van der Waals surface area contributed by atoms with Crippen molar-refractivity contribution in [3.8, 4) is 0 Å². The fraction of sp³-hybridized carbons (Fsp3) is 0.240. The van der Waals surface area contributed by atoms with Crippen molar-refractivity contribution in [2.24, 2.45) is 0 Å². The van der Waals surface area contributed by atoms with Crippen molar-refractivity contribution in [2.45, 2.75) is 37.1 Å². The molecule has 172 valence electrons. The van der Waals surface area contributed by atoms with E-state index in [1.165, 1.54) is 30.9 Å². The summed E-state index contributed by atoms with van der Waals surface area (Å²) in [5.74, 6) is -1.41. The standard InChI is InChI=1S/C18H19FN4O2S.C7H8/c19-12-4-9-16(20-10-12)18(25)21-11-17(24)22-13-5-7-15(8-6-13)26-23-14-2-1-3-14;1-7-5-3-2-4-6-7/h4-10,14,23H,1-3,11H2,(H,21,25)(H,22,24);2-6H,1H3. The Labute approximate surface area is 197 Å². The average molecular weight is 467 g/mol. The third-order valence-electron chi connectivity index (χ3n) is 4.90. The molecule has 2 amide bonds. The lowest BCUT2D eigenvalue weighted by Crippen LogP contribution is -2.33.